The molecule has 0 N–H and O–H groups in total. The normalized spacial score (nSPS) is 12.9. The molecule has 0 saturated heterocycles. The van der Waals surface area contributed by atoms with E-state index >= 15 is 0 Å². The predicted molar refractivity (Wildman–Crippen MR) is 88.3 cm³/mol. The molecule has 124 valence electrons. The molecular weight excluding hydrogens is 300 g/mol. The third-order valence-corrected chi connectivity index (χ3v) is 4.98. The summed E-state index contributed by atoms with van der Waals surface area (Å²) in [6, 6.07) is 4.07. The third kappa shape index (κ3) is 7.56. The first-order valence-electron chi connectivity index (χ1n) is 7.61. The Balaban J connectivity index is 2.51. The molecule has 0 aliphatic rings. The molecule has 0 amide bonds. The molecule has 1 aromatic heterocycles. The lowest BCUT2D eigenvalue weighted by molar-refractivity contribution is -0.108. The van der Waals surface area contributed by atoms with Crippen molar-refractivity contribution in [3.05, 3.63) is 28.3 Å². The van der Waals surface area contributed by atoms with E-state index in [0.717, 1.165) is 12.3 Å². The average molecular weight is 326 g/mol. The summed E-state index contributed by atoms with van der Waals surface area (Å²) in [4.78, 5) is 22.0. The molecular formula is C16H26O5Si. The van der Waals surface area contributed by atoms with Gasteiger partial charge in [-0.2, -0.15) is 0 Å². The Labute approximate surface area is 132 Å². The van der Waals surface area contributed by atoms with Gasteiger partial charge < -0.3 is 18.7 Å². The van der Waals surface area contributed by atoms with Crippen LogP contribution in [-0.2, 0) is 9.53 Å². The lowest BCUT2D eigenvalue weighted by Gasteiger charge is -2.15. The molecule has 0 spiro atoms. The zero-order chi connectivity index (χ0) is 16.6. The van der Waals surface area contributed by atoms with Crippen LogP contribution in [-0.4, -0.2) is 27.8 Å². The van der Waals surface area contributed by atoms with E-state index in [0.29, 0.717) is 31.0 Å². The Kier molecular flexibility index (Phi) is 7.54. The number of hydrogen-bond acceptors (Lipinski definition) is 5. The fourth-order valence-corrected chi connectivity index (χ4v) is 2.56. The molecule has 0 aliphatic carbocycles. The second-order valence-corrected chi connectivity index (χ2v) is 12.3. The SMILES string of the molecule is CC(CCC=O)c1cc(OCOCC[Si](C)(C)C)cc(=O)o1. The highest BCUT2D eigenvalue weighted by Gasteiger charge is 2.13. The van der Waals surface area contributed by atoms with Crippen molar-refractivity contribution in [3.8, 4) is 5.75 Å². The smallest absolute Gasteiger partial charge is 0.339 e. The van der Waals surface area contributed by atoms with Gasteiger partial charge in [0.15, 0.2) is 6.79 Å². The summed E-state index contributed by atoms with van der Waals surface area (Å²) in [5.74, 6) is 0.970. The van der Waals surface area contributed by atoms with E-state index in [1.165, 1.54) is 6.07 Å². The van der Waals surface area contributed by atoms with Crippen LogP contribution in [0.15, 0.2) is 21.3 Å². The fraction of sp³-hybridized carbons (Fsp3) is 0.625. The van der Waals surface area contributed by atoms with Crippen molar-refractivity contribution in [1.29, 1.82) is 0 Å². The van der Waals surface area contributed by atoms with Gasteiger partial charge in [0, 0.05) is 33.1 Å². The van der Waals surface area contributed by atoms with Gasteiger partial charge in [0.05, 0.1) is 6.07 Å². The molecule has 1 rings (SSSR count). The molecule has 1 aromatic rings. The van der Waals surface area contributed by atoms with Gasteiger partial charge in [0.25, 0.3) is 0 Å². The van der Waals surface area contributed by atoms with Crippen molar-refractivity contribution in [3.63, 3.8) is 0 Å². The first kappa shape index (κ1) is 18.6. The van der Waals surface area contributed by atoms with Crippen molar-refractivity contribution < 1.29 is 18.7 Å². The van der Waals surface area contributed by atoms with Crippen LogP contribution in [0.5, 0.6) is 5.75 Å². The summed E-state index contributed by atoms with van der Waals surface area (Å²) in [7, 11) is -1.11. The van der Waals surface area contributed by atoms with E-state index in [4.69, 9.17) is 13.9 Å². The van der Waals surface area contributed by atoms with Crippen LogP contribution in [0, 0.1) is 0 Å². The van der Waals surface area contributed by atoms with Gasteiger partial charge in [-0.05, 0) is 12.5 Å². The average Bonchev–Trinajstić information content (AvgIpc) is 2.42. The maximum atomic E-state index is 11.6. The van der Waals surface area contributed by atoms with Gasteiger partial charge in [-0.3, -0.25) is 0 Å². The summed E-state index contributed by atoms with van der Waals surface area (Å²) in [6.45, 7) is 9.55. The third-order valence-electron chi connectivity index (χ3n) is 3.27. The minimum absolute atomic E-state index is 0.00532. The maximum Gasteiger partial charge on any atom is 0.339 e. The van der Waals surface area contributed by atoms with Crippen LogP contribution < -0.4 is 10.4 Å². The van der Waals surface area contributed by atoms with Gasteiger partial charge in [-0.1, -0.05) is 26.6 Å². The van der Waals surface area contributed by atoms with E-state index in [-0.39, 0.29) is 12.7 Å². The van der Waals surface area contributed by atoms with E-state index < -0.39 is 13.7 Å². The molecule has 5 nitrogen and oxygen atoms in total. The summed E-state index contributed by atoms with van der Waals surface area (Å²) >= 11 is 0. The van der Waals surface area contributed by atoms with Crippen LogP contribution in [0.25, 0.3) is 0 Å². The standard InChI is InChI=1S/C16H26O5Si/c1-13(6-5-7-17)15-10-14(11-16(18)21-15)20-12-19-8-9-22(2,3)4/h7,10-11,13H,5-6,8-9,12H2,1-4H3. The number of carbonyl (C=O) groups excluding carboxylic acids is 1. The van der Waals surface area contributed by atoms with Gasteiger partial charge in [0.1, 0.15) is 17.8 Å². The van der Waals surface area contributed by atoms with Gasteiger partial charge in [-0.25, -0.2) is 4.79 Å². The number of aldehydes is 1. The molecule has 0 aromatic carbocycles. The zero-order valence-corrected chi connectivity index (χ0v) is 14.9. The number of rotatable bonds is 10. The van der Waals surface area contributed by atoms with Crippen molar-refractivity contribution >= 4 is 14.4 Å². The molecule has 0 saturated carbocycles. The minimum Gasteiger partial charge on any atom is -0.467 e. The van der Waals surface area contributed by atoms with Crippen LogP contribution in [0.2, 0.25) is 25.7 Å². The molecule has 1 heterocycles. The van der Waals surface area contributed by atoms with Gasteiger partial charge in [-0.15, -0.1) is 0 Å². The van der Waals surface area contributed by atoms with Crippen LogP contribution in [0.3, 0.4) is 0 Å². The van der Waals surface area contributed by atoms with Crippen LogP contribution >= 0.6 is 0 Å². The van der Waals surface area contributed by atoms with Gasteiger partial charge >= 0.3 is 5.63 Å². The zero-order valence-electron chi connectivity index (χ0n) is 13.9. The molecule has 6 heteroatoms. The number of ether oxygens (including phenoxy) is 2. The maximum absolute atomic E-state index is 11.6. The Morgan fingerprint density at radius 3 is 2.68 bits per heavy atom. The molecule has 0 aliphatic heterocycles. The van der Waals surface area contributed by atoms with Crippen molar-refractivity contribution in [2.45, 2.75) is 51.4 Å². The summed E-state index contributed by atoms with van der Waals surface area (Å²) in [5.41, 5.74) is -0.451. The lowest BCUT2D eigenvalue weighted by Crippen LogP contribution is -2.22. The lowest BCUT2D eigenvalue weighted by atomic mass is 10.0. The molecule has 0 bridgehead atoms. The Morgan fingerprint density at radius 2 is 2.05 bits per heavy atom. The summed E-state index contributed by atoms with van der Waals surface area (Å²) < 4.78 is 16.1. The van der Waals surface area contributed by atoms with E-state index in [1.54, 1.807) is 6.07 Å². The van der Waals surface area contributed by atoms with Crippen molar-refractivity contribution in [1.82, 2.24) is 0 Å². The van der Waals surface area contributed by atoms with Crippen LogP contribution in [0.4, 0.5) is 0 Å². The van der Waals surface area contributed by atoms with E-state index in [9.17, 15) is 9.59 Å². The topological polar surface area (TPSA) is 65.7 Å². The number of hydrogen-bond donors (Lipinski definition) is 0. The van der Waals surface area contributed by atoms with Crippen LogP contribution in [0.1, 0.15) is 31.4 Å². The molecule has 1 unspecified atom stereocenters. The Morgan fingerprint density at radius 1 is 1.32 bits per heavy atom. The second kappa shape index (κ2) is 8.90. The van der Waals surface area contributed by atoms with Gasteiger partial charge in [0.2, 0.25) is 0 Å². The largest absolute Gasteiger partial charge is 0.467 e. The van der Waals surface area contributed by atoms with E-state index in [1.807, 2.05) is 6.92 Å². The molecule has 0 fully saturated rings. The highest BCUT2D eigenvalue weighted by molar-refractivity contribution is 6.76. The highest BCUT2D eigenvalue weighted by atomic mass is 28.3. The minimum atomic E-state index is -1.11. The first-order valence-corrected chi connectivity index (χ1v) is 11.3. The number of carbonyl (C=O) groups is 1. The Bertz CT molecular complexity index is 518. The van der Waals surface area contributed by atoms with E-state index in [2.05, 4.69) is 19.6 Å². The first-order chi connectivity index (χ1) is 10.3. The second-order valence-electron chi connectivity index (χ2n) is 6.64. The Hall–Kier alpha value is -1.40. The predicted octanol–water partition coefficient (Wildman–Crippen LogP) is 3.41. The molecule has 0 radical (unpaired) electrons. The summed E-state index contributed by atoms with van der Waals surface area (Å²) in [6.07, 6.45) is 1.94. The molecule has 1 atom stereocenters. The van der Waals surface area contributed by atoms with Crippen molar-refractivity contribution in [2.24, 2.45) is 0 Å². The van der Waals surface area contributed by atoms with Crippen molar-refractivity contribution in [2.75, 3.05) is 13.4 Å². The fourth-order valence-electron chi connectivity index (χ4n) is 1.81. The molecule has 22 heavy (non-hydrogen) atoms. The summed E-state index contributed by atoms with van der Waals surface area (Å²) in [5, 5.41) is 0. The monoisotopic (exact) mass is 326 g/mol. The quantitative estimate of drug-likeness (QED) is 0.285. The highest BCUT2D eigenvalue weighted by Crippen LogP contribution is 2.22.